The van der Waals surface area contributed by atoms with Gasteiger partial charge in [-0.05, 0) is 46.8 Å². The summed E-state index contributed by atoms with van der Waals surface area (Å²) in [7, 11) is 1.35. The van der Waals surface area contributed by atoms with Gasteiger partial charge in [0.1, 0.15) is 5.75 Å². The van der Waals surface area contributed by atoms with Gasteiger partial charge in [-0.25, -0.2) is 15.7 Å². The van der Waals surface area contributed by atoms with Crippen LogP contribution in [0.3, 0.4) is 0 Å². The van der Waals surface area contributed by atoms with Crippen LogP contribution in [0.4, 0.5) is 0 Å². The van der Waals surface area contributed by atoms with Gasteiger partial charge in [0.15, 0.2) is 6.61 Å². The predicted molar refractivity (Wildman–Crippen MR) is 87.7 cm³/mol. The van der Waals surface area contributed by atoms with E-state index in [4.69, 9.17) is 4.74 Å². The van der Waals surface area contributed by atoms with Crippen molar-refractivity contribution in [1.82, 2.24) is 0 Å². The second kappa shape index (κ2) is 6.39. The average molecular weight is 304 g/mol. The maximum absolute atomic E-state index is 11.3. The summed E-state index contributed by atoms with van der Waals surface area (Å²) in [5.74, 6) is 3.07. The molecule has 112 valence electrons. The van der Waals surface area contributed by atoms with Gasteiger partial charge >= 0.3 is 5.97 Å². The molecular formula is C17H20O3S. The van der Waals surface area contributed by atoms with Gasteiger partial charge in [0.05, 0.1) is 7.11 Å². The fourth-order valence-corrected chi connectivity index (χ4v) is 5.55. The number of hydrogen-bond donors (Lipinski definition) is 1. The molecule has 1 saturated heterocycles. The van der Waals surface area contributed by atoms with Crippen LogP contribution in [0, 0.1) is 0 Å². The van der Waals surface area contributed by atoms with Crippen LogP contribution in [0.1, 0.15) is 12.8 Å². The first-order valence-corrected chi connectivity index (χ1v) is 8.97. The van der Waals surface area contributed by atoms with Crippen molar-refractivity contribution in [3.63, 3.8) is 0 Å². The van der Waals surface area contributed by atoms with Crippen LogP contribution in [0.5, 0.6) is 5.75 Å². The molecule has 1 aliphatic rings. The molecule has 21 heavy (non-hydrogen) atoms. The van der Waals surface area contributed by atoms with Crippen LogP contribution in [-0.2, 0) is 9.53 Å². The van der Waals surface area contributed by atoms with Crippen LogP contribution < -0.4 is 4.74 Å². The third-order valence-electron chi connectivity index (χ3n) is 3.88. The van der Waals surface area contributed by atoms with Crippen molar-refractivity contribution in [2.45, 2.75) is 17.7 Å². The number of rotatable bonds is 4. The standard InChI is InChI=1S/C17H20O3S/c1-19-17(18)12-20-15-8-9-16(21-10-4-5-11-21)14-7-3-2-6-13(14)15/h2-3,6-9,21H,4-5,10-12H2,1H3. The third kappa shape index (κ3) is 3.00. The minimum atomic E-state index is -0.358. The molecule has 0 atom stereocenters. The smallest absolute Gasteiger partial charge is 0.343 e. The molecule has 2 aromatic carbocycles. The second-order valence-corrected chi connectivity index (χ2v) is 7.64. The van der Waals surface area contributed by atoms with Gasteiger partial charge in [0.2, 0.25) is 0 Å². The highest BCUT2D eigenvalue weighted by molar-refractivity contribution is 8.17. The number of benzene rings is 2. The van der Waals surface area contributed by atoms with E-state index in [-0.39, 0.29) is 23.5 Å². The molecule has 2 aromatic rings. The zero-order valence-electron chi connectivity index (χ0n) is 12.2. The first-order valence-electron chi connectivity index (χ1n) is 7.26. The Bertz CT molecular complexity index is 648. The summed E-state index contributed by atoms with van der Waals surface area (Å²) in [6, 6.07) is 12.5. The average Bonchev–Trinajstić information content (AvgIpc) is 3.06. The third-order valence-corrected chi connectivity index (χ3v) is 6.66. The summed E-state index contributed by atoms with van der Waals surface area (Å²) in [4.78, 5) is 12.7. The zero-order chi connectivity index (χ0) is 14.7. The number of carbonyl (C=O) groups excluding carboxylic acids is 1. The Labute approximate surface area is 127 Å². The summed E-state index contributed by atoms with van der Waals surface area (Å²) in [6.45, 7) is -0.0470. The monoisotopic (exact) mass is 304 g/mol. The molecule has 1 fully saturated rings. The van der Waals surface area contributed by atoms with Crippen LogP contribution in [0.25, 0.3) is 10.8 Å². The zero-order valence-corrected chi connectivity index (χ0v) is 13.1. The van der Waals surface area contributed by atoms with E-state index in [1.807, 2.05) is 12.1 Å². The Morgan fingerprint density at radius 3 is 2.52 bits per heavy atom. The fraction of sp³-hybridized carbons (Fsp3) is 0.353. The maximum Gasteiger partial charge on any atom is 0.343 e. The Kier molecular flexibility index (Phi) is 4.34. The Balaban J connectivity index is 1.96. The predicted octanol–water partition coefficient (Wildman–Crippen LogP) is 3.55. The number of ether oxygens (including phenoxy) is 2. The van der Waals surface area contributed by atoms with Gasteiger partial charge in [0, 0.05) is 5.39 Å². The van der Waals surface area contributed by atoms with E-state index < -0.39 is 0 Å². The minimum Gasteiger partial charge on any atom is -0.481 e. The lowest BCUT2D eigenvalue weighted by atomic mass is 10.1. The van der Waals surface area contributed by atoms with Gasteiger partial charge in [-0.3, -0.25) is 0 Å². The molecule has 0 aromatic heterocycles. The first kappa shape index (κ1) is 14.3. The lowest BCUT2D eigenvalue weighted by Gasteiger charge is -2.19. The number of methoxy groups -OCH3 is 1. The maximum atomic E-state index is 11.3. The van der Waals surface area contributed by atoms with E-state index in [9.17, 15) is 4.79 Å². The summed E-state index contributed by atoms with van der Waals surface area (Å²) in [5.41, 5.74) is 0. The van der Waals surface area contributed by atoms with E-state index in [1.54, 1.807) is 0 Å². The number of hydrogen-bond acceptors (Lipinski definition) is 3. The first-order chi connectivity index (χ1) is 10.3. The lowest BCUT2D eigenvalue weighted by molar-refractivity contribution is -0.142. The van der Waals surface area contributed by atoms with E-state index in [2.05, 4.69) is 29.0 Å². The molecule has 0 saturated carbocycles. The summed E-state index contributed by atoms with van der Waals surface area (Å²) < 4.78 is 10.3. The summed E-state index contributed by atoms with van der Waals surface area (Å²) in [5, 5.41) is 2.36. The Morgan fingerprint density at radius 2 is 1.81 bits per heavy atom. The van der Waals surface area contributed by atoms with Crippen LogP contribution >= 0.6 is 10.9 Å². The molecule has 0 amide bonds. The van der Waals surface area contributed by atoms with E-state index in [1.165, 1.54) is 41.7 Å². The highest BCUT2D eigenvalue weighted by Gasteiger charge is 2.17. The van der Waals surface area contributed by atoms with Crippen molar-refractivity contribution in [2.24, 2.45) is 0 Å². The van der Waals surface area contributed by atoms with Crippen molar-refractivity contribution in [1.29, 1.82) is 0 Å². The van der Waals surface area contributed by atoms with Crippen LogP contribution in [0.15, 0.2) is 41.3 Å². The molecule has 4 heteroatoms. The van der Waals surface area contributed by atoms with Crippen LogP contribution in [-0.4, -0.2) is 31.2 Å². The SMILES string of the molecule is COC(=O)COc1ccc([SH]2CCCC2)c2ccccc12. The van der Waals surface area contributed by atoms with Gasteiger partial charge < -0.3 is 9.47 Å². The molecular weight excluding hydrogens is 284 g/mol. The van der Waals surface area contributed by atoms with Crippen molar-refractivity contribution >= 4 is 27.6 Å². The molecule has 0 radical (unpaired) electrons. The highest BCUT2D eigenvalue weighted by Crippen LogP contribution is 2.47. The molecule has 0 unspecified atom stereocenters. The minimum absolute atomic E-state index is 0.0244. The Morgan fingerprint density at radius 1 is 1.10 bits per heavy atom. The van der Waals surface area contributed by atoms with Crippen molar-refractivity contribution in [3.8, 4) is 5.75 Å². The van der Waals surface area contributed by atoms with Crippen molar-refractivity contribution in [2.75, 3.05) is 25.2 Å². The van der Waals surface area contributed by atoms with Gasteiger partial charge in [-0.2, -0.15) is 0 Å². The lowest BCUT2D eigenvalue weighted by Crippen LogP contribution is -2.12. The quantitative estimate of drug-likeness (QED) is 0.693. The normalized spacial score (nSPS) is 16.1. The highest BCUT2D eigenvalue weighted by atomic mass is 32.2. The Hall–Kier alpha value is -1.68. The molecule has 0 spiro atoms. The summed E-state index contributed by atoms with van der Waals surface area (Å²) >= 11 is 0. The molecule has 1 aliphatic heterocycles. The van der Waals surface area contributed by atoms with Crippen molar-refractivity contribution in [3.05, 3.63) is 36.4 Å². The number of carbonyl (C=O) groups is 1. The summed E-state index contributed by atoms with van der Waals surface area (Å²) in [6.07, 6.45) is 2.70. The van der Waals surface area contributed by atoms with Gasteiger partial charge in [-0.15, -0.1) is 0 Å². The number of fused-ring (bicyclic) bond motifs is 1. The topological polar surface area (TPSA) is 35.5 Å². The van der Waals surface area contributed by atoms with E-state index in [0.29, 0.717) is 0 Å². The number of esters is 1. The molecule has 3 nitrogen and oxygen atoms in total. The molecule has 0 bridgehead atoms. The largest absolute Gasteiger partial charge is 0.481 e. The molecule has 0 aliphatic carbocycles. The molecule has 0 N–H and O–H groups in total. The second-order valence-electron chi connectivity index (χ2n) is 5.19. The molecule has 1 heterocycles. The van der Waals surface area contributed by atoms with E-state index >= 15 is 0 Å². The van der Waals surface area contributed by atoms with Gasteiger partial charge in [0.25, 0.3) is 0 Å². The van der Waals surface area contributed by atoms with Crippen LogP contribution in [0.2, 0.25) is 0 Å². The van der Waals surface area contributed by atoms with Crippen molar-refractivity contribution < 1.29 is 14.3 Å². The van der Waals surface area contributed by atoms with Gasteiger partial charge in [-0.1, -0.05) is 24.3 Å². The fourth-order valence-electron chi connectivity index (χ4n) is 2.81. The van der Waals surface area contributed by atoms with E-state index in [0.717, 1.165) is 11.1 Å². The number of thiol groups is 1. The molecule has 3 rings (SSSR count).